The van der Waals surface area contributed by atoms with Crippen LogP contribution in [0.1, 0.15) is 34.5 Å². The summed E-state index contributed by atoms with van der Waals surface area (Å²) in [5, 5.41) is 14.2. The van der Waals surface area contributed by atoms with Gasteiger partial charge < -0.3 is 14.8 Å². The Kier molecular flexibility index (Phi) is 5.83. The zero-order chi connectivity index (χ0) is 24.5. The average Bonchev–Trinajstić information content (AvgIpc) is 3.23. The van der Waals surface area contributed by atoms with Gasteiger partial charge in [0.2, 0.25) is 0 Å². The summed E-state index contributed by atoms with van der Waals surface area (Å²) in [5.41, 5.74) is 6.01. The lowest BCUT2D eigenvalue weighted by Crippen LogP contribution is -2.09. The van der Waals surface area contributed by atoms with Crippen LogP contribution in [0.15, 0.2) is 95.4 Å². The second-order valence-corrected chi connectivity index (χ2v) is 8.60. The fourth-order valence-corrected chi connectivity index (χ4v) is 4.52. The van der Waals surface area contributed by atoms with E-state index >= 15 is 0 Å². The topological polar surface area (TPSA) is 62.5 Å². The van der Waals surface area contributed by atoms with Crippen LogP contribution in [0, 0.1) is 12.7 Å². The van der Waals surface area contributed by atoms with Gasteiger partial charge in [-0.3, -0.25) is 0 Å². The van der Waals surface area contributed by atoms with Crippen molar-refractivity contribution in [2.45, 2.75) is 19.9 Å². The minimum Gasteiger partial charge on any atom is -0.478 e. The zero-order valence-corrected chi connectivity index (χ0v) is 19.4. The van der Waals surface area contributed by atoms with Crippen molar-refractivity contribution in [1.82, 2.24) is 0 Å². The molecular formula is C30H24FNO3. The van der Waals surface area contributed by atoms with Gasteiger partial charge >= 0.3 is 5.97 Å². The molecule has 0 saturated heterocycles. The Morgan fingerprint density at radius 2 is 1.60 bits per heavy atom. The first-order valence-electron chi connectivity index (χ1n) is 11.4. The van der Waals surface area contributed by atoms with Gasteiger partial charge in [0.25, 0.3) is 0 Å². The van der Waals surface area contributed by atoms with Crippen LogP contribution in [0.25, 0.3) is 33.4 Å². The zero-order valence-electron chi connectivity index (χ0n) is 19.4. The molecule has 1 heterocycles. The smallest absolute Gasteiger partial charge is 0.340 e. The van der Waals surface area contributed by atoms with E-state index in [1.807, 2.05) is 54.6 Å². The largest absolute Gasteiger partial charge is 0.478 e. The van der Waals surface area contributed by atoms with Crippen molar-refractivity contribution in [2.75, 3.05) is 5.32 Å². The highest BCUT2D eigenvalue weighted by molar-refractivity contribution is 6.10. The minimum absolute atomic E-state index is 0.00147. The first kappa shape index (κ1) is 22.4. The summed E-state index contributed by atoms with van der Waals surface area (Å²) >= 11 is 0. The Morgan fingerprint density at radius 1 is 0.914 bits per heavy atom. The van der Waals surface area contributed by atoms with E-state index in [-0.39, 0.29) is 17.4 Å². The summed E-state index contributed by atoms with van der Waals surface area (Å²) in [6, 6.07) is 27.4. The number of carboxylic acid groups (broad SMARTS) is 1. The van der Waals surface area contributed by atoms with Gasteiger partial charge in [0.15, 0.2) is 0 Å². The molecular weight excluding hydrogens is 441 g/mol. The Labute approximate surface area is 202 Å². The van der Waals surface area contributed by atoms with Gasteiger partial charge in [-0.05, 0) is 60.9 Å². The molecule has 0 fully saturated rings. The van der Waals surface area contributed by atoms with E-state index in [1.165, 1.54) is 35.4 Å². The summed E-state index contributed by atoms with van der Waals surface area (Å²) in [4.78, 5) is 12.3. The van der Waals surface area contributed by atoms with Gasteiger partial charge in [-0.2, -0.15) is 0 Å². The number of carbonyl (C=O) groups is 1. The van der Waals surface area contributed by atoms with Gasteiger partial charge in [0.05, 0.1) is 0 Å². The van der Waals surface area contributed by atoms with Gasteiger partial charge in [-0.15, -0.1) is 0 Å². The maximum Gasteiger partial charge on any atom is 0.340 e. The molecule has 174 valence electrons. The van der Waals surface area contributed by atoms with Gasteiger partial charge in [-0.25, -0.2) is 9.18 Å². The number of furan rings is 1. The SMILES string of the molecule is Cc1ccccc1C(C)Nc1cc2oc(-c3ccc(F)cc3)c(C(=O)O)c2cc1-c1ccccc1. The van der Waals surface area contributed by atoms with Crippen molar-refractivity contribution in [1.29, 1.82) is 0 Å². The van der Waals surface area contributed by atoms with Crippen molar-refractivity contribution in [3.05, 3.63) is 114 Å². The molecule has 2 N–H and O–H groups in total. The molecule has 5 rings (SSSR count). The highest BCUT2D eigenvalue weighted by Crippen LogP contribution is 2.40. The minimum atomic E-state index is -1.10. The predicted octanol–water partition coefficient (Wildman–Crippen LogP) is 8.09. The van der Waals surface area contributed by atoms with Crippen LogP contribution in [0.3, 0.4) is 0 Å². The van der Waals surface area contributed by atoms with Crippen molar-refractivity contribution >= 4 is 22.6 Å². The summed E-state index contributed by atoms with van der Waals surface area (Å²) in [6.07, 6.45) is 0. The number of nitrogens with one attached hydrogen (secondary N) is 1. The van der Waals surface area contributed by atoms with E-state index < -0.39 is 11.8 Å². The number of rotatable bonds is 6. The Hall–Kier alpha value is -4.38. The number of benzene rings is 4. The van der Waals surface area contributed by atoms with Gasteiger partial charge in [-0.1, -0.05) is 54.6 Å². The fraction of sp³-hybridized carbons (Fsp3) is 0.100. The van der Waals surface area contributed by atoms with Crippen molar-refractivity contribution in [3.8, 4) is 22.5 Å². The van der Waals surface area contributed by atoms with Crippen LogP contribution < -0.4 is 5.32 Å². The molecule has 0 bridgehead atoms. The molecule has 0 spiro atoms. The number of hydrogen-bond acceptors (Lipinski definition) is 3. The van der Waals surface area contributed by atoms with Crippen molar-refractivity contribution < 1.29 is 18.7 Å². The summed E-state index contributed by atoms with van der Waals surface area (Å²) in [6.45, 7) is 4.17. The van der Waals surface area contributed by atoms with Crippen LogP contribution in [0.5, 0.6) is 0 Å². The Balaban J connectivity index is 1.71. The third-order valence-corrected chi connectivity index (χ3v) is 6.26. The molecule has 35 heavy (non-hydrogen) atoms. The average molecular weight is 466 g/mol. The number of carboxylic acids is 1. The second-order valence-electron chi connectivity index (χ2n) is 8.60. The molecule has 1 atom stereocenters. The van der Waals surface area contributed by atoms with E-state index in [4.69, 9.17) is 4.42 Å². The third-order valence-electron chi connectivity index (χ3n) is 6.26. The fourth-order valence-electron chi connectivity index (χ4n) is 4.52. The monoisotopic (exact) mass is 465 g/mol. The molecule has 0 radical (unpaired) electrons. The van der Waals surface area contributed by atoms with Crippen LogP contribution >= 0.6 is 0 Å². The molecule has 4 nitrogen and oxygen atoms in total. The summed E-state index contributed by atoms with van der Waals surface area (Å²) in [7, 11) is 0. The molecule has 0 saturated carbocycles. The van der Waals surface area contributed by atoms with E-state index in [0.29, 0.717) is 16.5 Å². The lowest BCUT2D eigenvalue weighted by atomic mass is 9.97. The van der Waals surface area contributed by atoms with E-state index in [9.17, 15) is 14.3 Å². The summed E-state index contributed by atoms with van der Waals surface area (Å²) < 4.78 is 19.6. The molecule has 5 heteroatoms. The van der Waals surface area contributed by atoms with Gasteiger partial charge in [0.1, 0.15) is 22.7 Å². The Bertz CT molecular complexity index is 1520. The van der Waals surface area contributed by atoms with Gasteiger partial charge in [0, 0.05) is 34.3 Å². The number of fused-ring (bicyclic) bond motifs is 1. The standard InChI is InChI=1S/C30H24FNO3/c1-18-8-6-7-11-23(18)19(2)32-26-17-27-25(16-24(26)20-9-4-3-5-10-20)28(30(33)34)29(35-27)21-12-14-22(31)15-13-21/h3-17,19,32H,1-2H3,(H,33,34). The lowest BCUT2D eigenvalue weighted by Gasteiger charge is -2.20. The number of halogens is 1. The maximum atomic E-state index is 13.5. The predicted molar refractivity (Wildman–Crippen MR) is 137 cm³/mol. The molecule has 0 aliphatic carbocycles. The number of aromatic carboxylic acids is 1. The normalized spacial score (nSPS) is 12.0. The van der Waals surface area contributed by atoms with E-state index in [0.717, 1.165) is 16.8 Å². The molecule has 1 aromatic heterocycles. The highest BCUT2D eigenvalue weighted by Gasteiger charge is 2.24. The quantitative estimate of drug-likeness (QED) is 0.266. The highest BCUT2D eigenvalue weighted by atomic mass is 19.1. The molecule has 1 unspecified atom stereocenters. The van der Waals surface area contributed by atoms with Crippen LogP contribution in [-0.4, -0.2) is 11.1 Å². The molecule has 0 aliphatic rings. The van der Waals surface area contributed by atoms with Crippen LogP contribution in [0.4, 0.5) is 10.1 Å². The second kappa shape index (κ2) is 9.11. The van der Waals surface area contributed by atoms with E-state index in [1.54, 1.807) is 0 Å². The lowest BCUT2D eigenvalue weighted by molar-refractivity contribution is 0.0699. The first-order valence-corrected chi connectivity index (χ1v) is 11.4. The Morgan fingerprint density at radius 3 is 2.29 bits per heavy atom. The maximum absolute atomic E-state index is 13.5. The molecule has 0 aliphatic heterocycles. The van der Waals surface area contributed by atoms with Crippen molar-refractivity contribution in [2.24, 2.45) is 0 Å². The molecule has 4 aromatic carbocycles. The number of anilines is 1. The van der Waals surface area contributed by atoms with Crippen molar-refractivity contribution in [3.63, 3.8) is 0 Å². The number of aryl methyl sites for hydroxylation is 1. The van der Waals surface area contributed by atoms with E-state index in [2.05, 4.69) is 31.3 Å². The third kappa shape index (κ3) is 4.28. The van der Waals surface area contributed by atoms with Crippen LogP contribution in [0.2, 0.25) is 0 Å². The number of hydrogen-bond donors (Lipinski definition) is 2. The molecule has 0 amide bonds. The first-order chi connectivity index (χ1) is 16.9. The van der Waals surface area contributed by atoms with Crippen LogP contribution in [-0.2, 0) is 0 Å². The summed E-state index contributed by atoms with van der Waals surface area (Å²) in [5.74, 6) is -1.29. The molecule has 5 aromatic rings.